The number of carbonyl (C=O) groups is 2. The molecule has 0 aliphatic carbocycles. The minimum absolute atomic E-state index is 0.191. The summed E-state index contributed by atoms with van der Waals surface area (Å²) in [6.45, 7) is 22.7. The molecule has 0 saturated heterocycles. The third-order valence-corrected chi connectivity index (χ3v) is 7.23. The van der Waals surface area contributed by atoms with E-state index in [1.165, 1.54) is 0 Å². The van der Waals surface area contributed by atoms with Crippen molar-refractivity contribution >= 4 is 11.9 Å². The van der Waals surface area contributed by atoms with Crippen molar-refractivity contribution in [3.63, 3.8) is 0 Å². The maximum absolute atomic E-state index is 10.9. The lowest BCUT2D eigenvalue weighted by molar-refractivity contribution is -0.140. The predicted molar refractivity (Wildman–Crippen MR) is 226 cm³/mol. The largest absolute Gasteiger partial charge is 0.460 e. The van der Waals surface area contributed by atoms with Crippen LogP contribution < -0.4 is 0 Å². The summed E-state index contributed by atoms with van der Waals surface area (Å²) in [6.07, 6.45) is 2.22. The average Bonchev–Trinajstić information content (AvgIpc) is 3.30. The Labute approximate surface area is 374 Å². The van der Waals surface area contributed by atoms with Gasteiger partial charge in [0.2, 0.25) is 0 Å². The average molecular weight is 919 g/mol. The smallest absolute Gasteiger partial charge is 0.330 e. The zero-order valence-corrected chi connectivity index (χ0v) is 37.6. The van der Waals surface area contributed by atoms with Gasteiger partial charge >= 0.3 is 11.9 Å². The van der Waals surface area contributed by atoms with Crippen molar-refractivity contribution in [2.24, 2.45) is 0 Å². The van der Waals surface area contributed by atoms with Crippen LogP contribution in [0.3, 0.4) is 0 Å². The number of ether oxygens (including phenoxy) is 19. The Morgan fingerprint density at radius 1 is 0.206 bits per heavy atom. The lowest BCUT2D eigenvalue weighted by Crippen LogP contribution is -2.16. The van der Waals surface area contributed by atoms with Crippen molar-refractivity contribution in [2.75, 3.05) is 238 Å². The van der Waals surface area contributed by atoms with Crippen LogP contribution in [0.25, 0.3) is 0 Å². The summed E-state index contributed by atoms with van der Waals surface area (Å²) in [4.78, 5) is 21.7. The zero-order valence-electron chi connectivity index (χ0n) is 37.6. The number of hydrogen-bond acceptors (Lipinski definition) is 21. The van der Waals surface area contributed by atoms with Gasteiger partial charge in [-0.3, -0.25) is 0 Å². The lowest BCUT2D eigenvalue weighted by Gasteiger charge is -2.09. The van der Waals surface area contributed by atoms with Crippen molar-refractivity contribution in [1.29, 1.82) is 0 Å². The first-order valence-corrected chi connectivity index (χ1v) is 21.6. The molecule has 372 valence electrons. The highest BCUT2D eigenvalue weighted by Gasteiger charge is 2.00. The van der Waals surface area contributed by atoms with E-state index in [1.54, 1.807) is 0 Å². The predicted octanol–water partition coefficient (Wildman–Crippen LogP) is 0.727. The molecular weight excluding hydrogens is 840 g/mol. The maximum atomic E-state index is 10.9. The van der Waals surface area contributed by atoms with Gasteiger partial charge in [-0.05, 0) is 0 Å². The van der Waals surface area contributed by atoms with Crippen LogP contribution in [0.1, 0.15) is 0 Å². The highest BCUT2D eigenvalue weighted by molar-refractivity contribution is 5.81. The Morgan fingerprint density at radius 3 is 0.397 bits per heavy atom. The normalized spacial score (nSPS) is 11.3. The molecule has 0 radical (unpaired) electrons. The third kappa shape index (κ3) is 55.8. The fourth-order valence-corrected chi connectivity index (χ4v) is 4.14. The highest BCUT2D eigenvalue weighted by Crippen LogP contribution is 1.90. The van der Waals surface area contributed by atoms with Gasteiger partial charge in [-0.15, -0.1) is 0 Å². The van der Waals surface area contributed by atoms with E-state index in [2.05, 4.69) is 13.2 Å². The Hall–Kier alpha value is -2.26. The Balaban J connectivity index is 3.08. The Bertz CT molecular complexity index is 878. The van der Waals surface area contributed by atoms with E-state index in [9.17, 15) is 9.59 Å². The van der Waals surface area contributed by atoms with E-state index in [-0.39, 0.29) is 13.2 Å². The molecule has 0 aliphatic heterocycles. The van der Waals surface area contributed by atoms with Gasteiger partial charge < -0.3 is 90.0 Å². The molecule has 0 spiro atoms. The summed E-state index contributed by atoms with van der Waals surface area (Å²) in [6, 6.07) is 0. The van der Waals surface area contributed by atoms with E-state index in [0.717, 1.165) is 12.2 Å². The molecule has 21 heteroatoms. The molecule has 0 heterocycles. The molecule has 0 aromatic carbocycles. The molecule has 0 saturated carbocycles. The van der Waals surface area contributed by atoms with Gasteiger partial charge in [0, 0.05) is 12.2 Å². The van der Waals surface area contributed by atoms with Crippen LogP contribution in [0, 0.1) is 0 Å². The summed E-state index contributed by atoms with van der Waals surface area (Å²) in [5.74, 6) is -0.930. The van der Waals surface area contributed by atoms with Crippen molar-refractivity contribution in [1.82, 2.24) is 0 Å². The van der Waals surface area contributed by atoms with Gasteiger partial charge in [-0.2, -0.15) is 0 Å². The van der Waals surface area contributed by atoms with Gasteiger partial charge in [0.15, 0.2) is 0 Å². The highest BCUT2D eigenvalue weighted by atomic mass is 16.6. The van der Waals surface area contributed by atoms with E-state index in [1.807, 2.05) is 0 Å². The quantitative estimate of drug-likeness (QED) is 0.0468. The van der Waals surface area contributed by atoms with Crippen molar-refractivity contribution in [2.45, 2.75) is 0 Å². The second-order valence-electron chi connectivity index (χ2n) is 12.2. The summed E-state index contributed by atoms with van der Waals surface area (Å²) in [5.41, 5.74) is 0. The molecule has 0 atom stereocenters. The lowest BCUT2D eigenvalue weighted by atomic mass is 10.6. The molecule has 0 aromatic heterocycles. The molecule has 0 aliphatic rings. The summed E-state index contributed by atoms with van der Waals surface area (Å²) < 4.78 is 102. The van der Waals surface area contributed by atoms with Crippen LogP contribution >= 0.6 is 0 Å². The van der Waals surface area contributed by atoms with Crippen molar-refractivity contribution < 1.29 is 99.6 Å². The van der Waals surface area contributed by atoms with Crippen LogP contribution in [0.5, 0.6) is 0 Å². The molecule has 0 amide bonds. The minimum atomic E-state index is -0.465. The minimum Gasteiger partial charge on any atom is -0.460 e. The summed E-state index contributed by atoms with van der Waals surface area (Å²) >= 11 is 0. The number of esters is 2. The SMILES string of the molecule is C=CC(=O)OCCOCCOCCOCCOCCOCCOCCOCCOCCOCCOCCOCCOCCOCCOCCOCCOCCOCCOC(=O)C=C. The standard InChI is InChI=1S/C42H78O21/c1-3-41(43)62-39-37-60-35-33-58-31-29-56-27-25-54-23-21-52-19-17-50-15-13-48-11-9-46-7-5-45-6-8-47-10-12-49-14-16-51-18-20-53-22-24-55-26-28-57-30-32-59-34-36-61-38-40-63-42(44)4-2/h3-4H,1-2,5-40H2. The third-order valence-electron chi connectivity index (χ3n) is 7.23. The molecule has 0 rings (SSSR count). The zero-order chi connectivity index (χ0) is 45.5. The fraction of sp³-hybridized carbons (Fsp3) is 0.857. The monoisotopic (exact) mass is 919 g/mol. The first kappa shape index (κ1) is 60.7. The molecule has 63 heavy (non-hydrogen) atoms. The van der Waals surface area contributed by atoms with Crippen LogP contribution in [0.4, 0.5) is 0 Å². The van der Waals surface area contributed by atoms with Gasteiger partial charge in [-0.1, -0.05) is 13.2 Å². The van der Waals surface area contributed by atoms with Crippen LogP contribution in [0.2, 0.25) is 0 Å². The van der Waals surface area contributed by atoms with Gasteiger partial charge in [-0.25, -0.2) is 9.59 Å². The van der Waals surface area contributed by atoms with Gasteiger partial charge in [0.05, 0.1) is 225 Å². The fourth-order valence-electron chi connectivity index (χ4n) is 4.14. The number of rotatable bonds is 56. The number of hydrogen-bond donors (Lipinski definition) is 0. The second-order valence-corrected chi connectivity index (χ2v) is 12.2. The summed E-state index contributed by atoms with van der Waals surface area (Å²) in [5, 5.41) is 0. The first-order valence-electron chi connectivity index (χ1n) is 21.6. The number of carbonyl (C=O) groups excluding carboxylic acids is 2. The summed E-state index contributed by atoms with van der Waals surface area (Å²) in [7, 11) is 0. The Kier molecular flexibility index (Phi) is 53.9. The topological polar surface area (TPSA) is 210 Å². The van der Waals surface area contributed by atoms with E-state index in [0.29, 0.717) is 225 Å². The van der Waals surface area contributed by atoms with Crippen LogP contribution in [-0.4, -0.2) is 250 Å². The molecule has 0 unspecified atom stereocenters. The second kappa shape index (κ2) is 55.9. The molecule has 21 nitrogen and oxygen atoms in total. The van der Waals surface area contributed by atoms with Crippen LogP contribution in [0.15, 0.2) is 25.3 Å². The van der Waals surface area contributed by atoms with E-state index < -0.39 is 11.9 Å². The molecule has 0 N–H and O–H groups in total. The molecule has 0 aromatic rings. The maximum Gasteiger partial charge on any atom is 0.330 e. The molecule has 0 fully saturated rings. The van der Waals surface area contributed by atoms with Crippen molar-refractivity contribution in [3.8, 4) is 0 Å². The van der Waals surface area contributed by atoms with E-state index in [4.69, 9.17) is 90.0 Å². The molecular formula is C42H78O21. The van der Waals surface area contributed by atoms with Crippen LogP contribution in [-0.2, 0) is 99.6 Å². The van der Waals surface area contributed by atoms with Crippen molar-refractivity contribution in [3.05, 3.63) is 25.3 Å². The first-order chi connectivity index (χ1) is 31.2. The van der Waals surface area contributed by atoms with Gasteiger partial charge in [0.1, 0.15) is 13.2 Å². The van der Waals surface area contributed by atoms with E-state index >= 15 is 0 Å². The molecule has 0 bridgehead atoms. The van der Waals surface area contributed by atoms with Gasteiger partial charge in [0.25, 0.3) is 0 Å². The Morgan fingerprint density at radius 2 is 0.302 bits per heavy atom.